The fraction of sp³-hybridized carbons (Fsp3) is 0.450. The van der Waals surface area contributed by atoms with E-state index in [-0.39, 0.29) is 12.5 Å². The lowest BCUT2D eigenvalue weighted by Crippen LogP contribution is -2.33. The molecule has 2 heterocycles. The van der Waals surface area contributed by atoms with Gasteiger partial charge in [-0.05, 0) is 49.9 Å². The van der Waals surface area contributed by atoms with Crippen molar-refractivity contribution in [1.82, 2.24) is 9.97 Å². The largest absolute Gasteiger partial charge is 0.494 e. The fourth-order valence-electron chi connectivity index (χ4n) is 2.95. The van der Waals surface area contributed by atoms with Gasteiger partial charge in [0.15, 0.2) is 6.61 Å². The van der Waals surface area contributed by atoms with E-state index in [2.05, 4.69) is 27.1 Å². The Kier molecular flexibility index (Phi) is 6.46. The third-order valence-corrected chi connectivity index (χ3v) is 4.53. The zero-order valence-electron chi connectivity index (χ0n) is 15.9. The molecule has 2 aromatic rings. The van der Waals surface area contributed by atoms with Crippen molar-refractivity contribution in [3.05, 3.63) is 36.7 Å². The summed E-state index contributed by atoms with van der Waals surface area (Å²) < 4.78 is 10.9. The Bertz CT molecular complexity index is 743. The third-order valence-electron chi connectivity index (χ3n) is 4.53. The molecular weight excluding hydrogens is 344 g/mol. The number of carbonyl (C=O) groups excluding carboxylic acids is 1. The molecule has 1 saturated heterocycles. The lowest BCUT2D eigenvalue weighted by Gasteiger charge is -2.31. The van der Waals surface area contributed by atoms with Crippen molar-refractivity contribution in [2.75, 3.05) is 36.5 Å². The van der Waals surface area contributed by atoms with Gasteiger partial charge >= 0.3 is 0 Å². The summed E-state index contributed by atoms with van der Waals surface area (Å²) in [5, 5.41) is 2.77. The van der Waals surface area contributed by atoms with Crippen LogP contribution in [-0.2, 0) is 4.79 Å². The molecule has 144 valence electrons. The summed E-state index contributed by atoms with van der Waals surface area (Å²) >= 11 is 0. The van der Waals surface area contributed by atoms with E-state index in [1.54, 1.807) is 12.1 Å². The van der Waals surface area contributed by atoms with Crippen molar-refractivity contribution in [2.24, 2.45) is 5.92 Å². The van der Waals surface area contributed by atoms with Crippen LogP contribution >= 0.6 is 0 Å². The van der Waals surface area contributed by atoms with Gasteiger partial charge < -0.3 is 19.7 Å². The van der Waals surface area contributed by atoms with Crippen LogP contribution in [0.15, 0.2) is 36.7 Å². The number of hydrogen-bond donors (Lipinski definition) is 1. The lowest BCUT2D eigenvalue weighted by molar-refractivity contribution is -0.118. The number of nitrogens with zero attached hydrogens (tertiary/aromatic N) is 3. The molecule has 1 aromatic carbocycles. The molecule has 0 unspecified atom stereocenters. The van der Waals surface area contributed by atoms with Gasteiger partial charge in [-0.3, -0.25) is 4.79 Å². The van der Waals surface area contributed by atoms with E-state index in [4.69, 9.17) is 9.47 Å². The SMILES string of the molecule is CCOc1ccc(OCC(=O)Nc2cc(N3CCC(C)CC3)ncn2)cc1. The summed E-state index contributed by atoms with van der Waals surface area (Å²) in [4.78, 5) is 22.8. The summed E-state index contributed by atoms with van der Waals surface area (Å²) in [7, 11) is 0. The molecular formula is C20H26N4O3. The van der Waals surface area contributed by atoms with Crippen LogP contribution in [0.2, 0.25) is 0 Å². The molecule has 3 rings (SSSR count). The average Bonchev–Trinajstić information content (AvgIpc) is 2.68. The molecule has 7 heteroatoms. The number of anilines is 2. The lowest BCUT2D eigenvalue weighted by atomic mass is 9.99. The van der Waals surface area contributed by atoms with Crippen molar-refractivity contribution in [1.29, 1.82) is 0 Å². The maximum atomic E-state index is 12.2. The van der Waals surface area contributed by atoms with Crippen LogP contribution in [-0.4, -0.2) is 42.2 Å². The number of aromatic nitrogens is 2. The molecule has 0 spiro atoms. The second-order valence-corrected chi connectivity index (χ2v) is 6.67. The molecule has 0 atom stereocenters. The van der Waals surface area contributed by atoms with E-state index >= 15 is 0 Å². The number of piperidine rings is 1. The minimum absolute atomic E-state index is 0.0887. The standard InChI is InChI=1S/C20H26N4O3/c1-3-26-16-4-6-17(7-5-16)27-13-20(25)23-18-12-19(22-14-21-18)24-10-8-15(2)9-11-24/h4-7,12,14-15H,3,8-11,13H2,1-2H3,(H,21,22,23,25). The van der Waals surface area contributed by atoms with Crippen molar-refractivity contribution in [3.63, 3.8) is 0 Å². The Morgan fingerprint density at radius 3 is 2.48 bits per heavy atom. The number of benzene rings is 1. The maximum Gasteiger partial charge on any atom is 0.263 e. The first-order valence-electron chi connectivity index (χ1n) is 9.36. The number of hydrogen-bond acceptors (Lipinski definition) is 6. The second-order valence-electron chi connectivity index (χ2n) is 6.67. The first-order valence-corrected chi connectivity index (χ1v) is 9.36. The molecule has 1 N–H and O–H groups in total. The molecule has 0 saturated carbocycles. The molecule has 1 amide bonds. The Hall–Kier alpha value is -2.83. The highest BCUT2D eigenvalue weighted by molar-refractivity contribution is 5.91. The van der Waals surface area contributed by atoms with Gasteiger partial charge in [-0.15, -0.1) is 0 Å². The van der Waals surface area contributed by atoms with Crippen LogP contribution in [0.4, 0.5) is 11.6 Å². The number of ether oxygens (including phenoxy) is 2. The molecule has 27 heavy (non-hydrogen) atoms. The Morgan fingerprint density at radius 1 is 1.15 bits per heavy atom. The van der Waals surface area contributed by atoms with Crippen molar-refractivity contribution in [2.45, 2.75) is 26.7 Å². The highest BCUT2D eigenvalue weighted by atomic mass is 16.5. The molecule has 0 bridgehead atoms. The highest BCUT2D eigenvalue weighted by Gasteiger charge is 2.17. The number of nitrogens with one attached hydrogen (secondary N) is 1. The van der Waals surface area contributed by atoms with Crippen molar-refractivity contribution < 1.29 is 14.3 Å². The minimum Gasteiger partial charge on any atom is -0.494 e. The summed E-state index contributed by atoms with van der Waals surface area (Å²) in [5.41, 5.74) is 0. The van der Waals surface area contributed by atoms with Gasteiger partial charge in [-0.25, -0.2) is 9.97 Å². The quantitative estimate of drug-likeness (QED) is 0.807. The number of rotatable bonds is 7. The Labute approximate surface area is 159 Å². The summed E-state index contributed by atoms with van der Waals surface area (Å²) in [6, 6.07) is 8.99. The van der Waals surface area contributed by atoms with Crippen LogP contribution < -0.4 is 19.7 Å². The zero-order valence-corrected chi connectivity index (χ0v) is 15.9. The Balaban J connectivity index is 1.51. The maximum absolute atomic E-state index is 12.2. The molecule has 0 radical (unpaired) electrons. The predicted octanol–water partition coefficient (Wildman–Crippen LogP) is 3.13. The molecule has 1 fully saturated rings. The third kappa shape index (κ3) is 5.57. The van der Waals surface area contributed by atoms with Crippen molar-refractivity contribution in [3.8, 4) is 11.5 Å². The van der Waals surface area contributed by atoms with Gasteiger partial charge in [-0.1, -0.05) is 6.92 Å². The molecule has 1 aliphatic rings. The van der Waals surface area contributed by atoms with E-state index in [0.717, 1.165) is 43.4 Å². The molecule has 1 aromatic heterocycles. The molecule has 0 aliphatic carbocycles. The zero-order chi connectivity index (χ0) is 19.1. The summed E-state index contributed by atoms with van der Waals surface area (Å²) in [5.74, 6) is 3.20. The van der Waals surface area contributed by atoms with Gasteiger partial charge in [0.25, 0.3) is 5.91 Å². The first kappa shape index (κ1) is 18.9. The Morgan fingerprint density at radius 2 is 1.81 bits per heavy atom. The van der Waals surface area contributed by atoms with Crippen LogP contribution in [0.25, 0.3) is 0 Å². The minimum atomic E-state index is -0.263. The smallest absolute Gasteiger partial charge is 0.263 e. The van der Waals surface area contributed by atoms with Gasteiger partial charge in [0.1, 0.15) is 29.5 Å². The van der Waals surface area contributed by atoms with Crippen molar-refractivity contribution >= 4 is 17.5 Å². The topological polar surface area (TPSA) is 76.6 Å². The first-order chi connectivity index (χ1) is 13.1. The van der Waals surface area contributed by atoms with Crippen LogP contribution in [0, 0.1) is 5.92 Å². The van der Waals surface area contributed by atoms with Gasteiger partial charge in [0, 0.05) is 19.2 Å². The van der Waals surface area contributed by atoms with Gasteiger partial charge in [0.05, 0.1) is 6.61 Å². The van der Waals surface area contributed by atoms with Crippen LogP contribution in [0.1, 0.15) is 26.7 Å². The summed E-state index contributed by atoms with van der Waals surface area (Å²) in [6.45, 7) is 6.68. The predicted molar refractivity (Wildman–Crippen MR) is 104 cm³/mol. The van der Waals surface area contributed by atoms with E-state index in [1.807, 2.05) is 25.1 Å². The van der Waals surface area contributed by atoms with E-state index in [9.17, 15) is 4.79 Å². The number of carbonyl (C=O) groups is 1. The fourth-order valence-corrected chi connectivity index (χ4v) is 2.95. The summed E-state index contributed by atoms with van der Waals surface area (Å²) in [6.07, 6.45) is 3.79. The van der Waals surface area contributed by atoms with E-state index < -0.39 is 0 Å². The van der Waals surface area contributed by atoms with Gasteiger partial charge in [-0.2, -0.15) is 0 Å². The van der Waals surface area contributed by atoms with Crippen LogP contribution in [0.5, 0.6) is 11.5 Å². The average molecular weight is 370 g/mol. The molecule has 7 nitrogen and oxygen atoms in total. The number of amides is 1. The normalized spacial score (nSPS) is 14.7. The van der Waals surface area contributed by atoms with E-state index in [1.165, 1.54) is 6.33 Å². The van der Waals surface area contributed by atoms with Gasteiger partial charge in [0.2, 0.25) is 0 Å². The van der Waals surface area contributed by atoms with E-state index in [0.29, 0.717) is 18.2 Å². The second kappa shape index (κ2) is 9.21. The molecule has 1 aliphatic heterocycles. The highest BCUT2D eigenvalue weighted by Crippen LogP contribution is 2.22. The van der Waals surface area contributed by atoms with Crippen LogP contribution in [0.3, 0.4) is 0 Å². The monoisotopic (exact) mass is 370 g/mol.